The largest absolute Gasteiger partial charge is 0.343 e. The first-order chi connectivity index (χ1) is 10.1. The Labute approximate surface area is 123 Å². The molecule has 1 heterocycles. The molecule has 0 aliphatic carbocycles. The number of carbonyl (C=O) groups is 2. The Morgan fingerprint density at radius 2 is 1.81 bits per heavy atom. The van der Waals surface area contributed by atoms with Crippen LogP contribution < -0.4 is 10.6 Å². The molecule has 0 unspecified atom stereocenters. The SMILES string of the molecule is Cc1ccc(C(=O)NCC(=O)Nc2ncccc2C)cc1. The molecule has 0 aliphatic heterocycles. The molecule has 2 amide bonds. The number of rotatable bonds is 4. The lowest BCUT2D eigenvalue weighted by atomic mass is 10.1. The molecule has 0 fully saturated rings. The maximum absolute atomic E-state index is 11.9. The van der Waals surface area contributed by atoms with E-state index in [9.17, 15) is 9.59 Å². The number of amides is 2. The van der Waals surface area contributed by atoms with Gasteiger partial charge in [-0.2, -0.15) is 0 Å². The van der Waals surface area contributed by atoms with Crippen molar-refractivity contribution in [3.05, 3.63) is 59.3 Å². The Balaban J connectivity index is 1.88. The van der Waals surface area contributed by atoms with Gasteiger partial charge in [0.25, 0.3) is 5.91 Å². The van der Waals surface area contributed by atoms with E-state index in [1.165, 1.54) is 0 Å². The van der Waals surface area contributed by atoms with E-state index in [2.05, 4.69) is 15.6 Å². The summed E-state index contributed by atoms with van der Waals surface area (Å²) >= 11 is 0. The predicted octanol–water partition coefficient (Wildman–Crippen LogP) is 2.07. The van der Waals surface area contributed by atoms with Crippen LogP contribution >= 0.6 is 0 Å². The minimum atomic E-state index is -0.308. The van der Waals surface area contributed by atoms with Crippen LogP contribution in [0.2, 0.25) is 0 Å². The Morgan fingerprint density at radius 3 is 2.48 bits per heavy atom. The van der Waals surface area contributed by atoms with E-state index in [1.807, 2.05) is 32.0 Å². The van der Waals surface area contributed by atoms with Crippen molar-refractivity contribution >= 4 is 17.6 Å². The van der Waals surface area contributed by atoms with E-state index in [4.69, 9.17) is 0 Å². The number of benzene rings is 1. The maximum atomic E-state index is 11.9. The molecule has 0 saturated heterocycles. The van der Waals surface area contributed by atoms with Crippen LogP contribution in [0.25, 0.3) is 0 Å². The fraction of sp³-hybridized carbons (Fsp3) is 0.188. The third kappa shape index (κ3) is 4.14. The minimum absolute atomic E-state index is 0.0945. The van der Waals surface area contributed by atoms with Crippen LogP contribution in [0.3, 0.4) is 0 Å². The van der Waals surface area contributed by atoms with Crippen molar-refractivity contribution in [3.8, 4) is 0 Å². The molecule has 5 heteroatoms. The molecule has 0 atom stereocenters. The Bertz CT molecular complexity index is 651. The van der Waals surface area contributed by atoms with Crippen LogP contribution in [0.15, 0.2) is 42.6 Å². The second-order valence-corrected chi connectivity index (χ2v) is 4.77. The van der Waals surface area contributed by atoms with Gasteiger partial charge < -0.3 is 10.6 Å². The molecular formula is C16H17N3O2. The van der Waals surface area contributed by atoms with E-state index < -0.39 is 0 Å². The third-order valence-electron chi connectivity index (χ3n) is 2.99. The molecule has 2 rings (SSSR count). The molecule has 0 saturated carbocycles. The molecule has 21 heavy (non-hydrogen) atoms. The molecule has 1 aromatic carbocycles. The zero-order valence-electron chi connectivity index (χ0n) is 12.0. The second kappa shape index (κ2) is 6.65. The van der Waals surface area contributed by atoms with Crippen LogP contribution in [0.1, 0.15) is 21.5 Å². The molecule has 0 bridgehead atoms. The first-order valence-electron chi connectivity index (χ1n) is 6.62. The van der Waals surface area contributed by atoms with Crippen molar-refractivity contribution in [2.75, 3.05) is 11.9 Å². The normalized spacial score (nSPS) is 10.0. The zero-order chi connectivity index (χ0) is 15.2. The van der Waals surface area contributed by atoms with E-state index in [1.54, 1.807) is 24.4 Å². The quantitative estimate of drug-likeness (QED) is 0.902. The van der Waals surface area contributed by atoms with Gasteiger partial charge in [0, 0.05) is 11.8 Å². The Hall–Kier alpha value is -2.69. The summed E-state index contributed by atoms with van der Waals surface area (Å²) in [5, 5.41) is 5.24. The summed E-state index contributed by atoms with van der Waals surface area (Å²) in [5.41, 5.74) is 2.48. The van der Waals surface area contributed by atoms with Gasteiger partial charge in [-0.15, -0.1) is 0 Å². The van der Waals surface area contributed by atoms with Crippen LogP contribution in [-0.2, 0) is 4.79 Å². The van der Waals surface area contributed by atoms with Gasteiger partial charge in [-0.3, -0.25) is 9.59 Å². The standard InChI is InChI=1S/C16H17N3O2/c1-11-5-7-13(8-6-11)16(21)18-10-14(20)19-15-12(2)4-3-9-17-15/h3-9H,10H2,1-2H3,(H,18,21)(H,17,19,20). The topological polar surface area (TPSA) is 71.1 Å². The number of pyridine rings is 1. The predicted molar refractivity (Wildman–Crippen MR) is 81.1 cm³/mol. The highest BCUT2D eigenvalue weighted by atomic mass is 16.2. The molecule has 0 spiro atoms. The van der Waals surface area contributed by atoms with Crippen molar-refractivity contribution in [1.82, 2.24) is 10.3 Å². The number of aromatic nitrogens is 1. The molecule has 108 valence electrons. The highest BCUT2D eigenvalue weighted by Gasteiger charge is 2.09. The number of aryl methyl sites for hydroxylation is 2. The van der Waals surface area contributed by atoms with Crippen molar-refractivity contribution < 1.29 is 9.59 Å². The van der Waals surface area contributed by atoms with Crippen molar-refractivity contribution in [1.29, 1.82) is 0 Å². The number of nitrogens with one attached hydrogen (secondary N) is 2. The highest BCUT2D eigenvalue weighted by molar-refractivity contribution is 5.99. The second-order valence-electron chi connectivity index (χ2n) is 4.77. The number of hydrogen-bond acceptors (Lipinski definition) is 3. The fourth-order valence-electron chi connectivity index (χ4n) is 1.76. The number of carbonyl (C=O) groups excluding carboxylic acids is 2. The van der Waals surface area contributed by atoms with E-state index in [-0.39, 0.29) is 18.4 Å². The molecule has 2 aromatic rings. The smallest absolute Gasteiger partial charge is 0.251 e. The van der Waals surface area contributed by atoms with Gasteiger partial charge in [-0.1, -0.05) is 23.8 Å². The number of nitrogens with zero attached hydrogens (tertiary/aromatic N) is 1. The molecule has 0 radical (unpaired) electrons. The Morgan fingerprint density at radius 1 is 1.10 bits per heavy atom. The number of hydrogen-bond donors (Lipinski definition) is 2. The molecule has 1 aromatic heterocycles. The lowest BCUT2D eigenvalue weighted by Gasteiger charge is -2.08. The first kappa shape index (κ1) is 14.7. The van der Waals surface area contributed by atoms with Gasteiger partial charge in [0.1, 0.15) is 5.82 Å². The highest BCUT2D eigenvalue weighted by Crippen LogP contribution is 2.08. The average molecular weight is 283 g/mol. The number of anilines is 1. The van der Waals surface area contributed by atoms with Gasteiger partial charge in [0.2, 0.25) is 5.91 Å². The van der Waals surface area contributed by atoms with Crippen LogP contribution in [0.5, 0.6) is 0 Å². The van der Waals surface area contributed by atoms with E-state index >= 15 is 0 Å². The first-order valence-corrected chi connectivity index (χ1v) is 6.62. The maximum Gasteiger partial charge on any atom is 0.251 e. The summed E-state index contributed by atoms with van der Waals surface area (Å²) in [7, 11) is 0. The van der Waals surface area contributed by atoms with Crippen LogP contribution in [0, 0.1) is 13.8 Å². The molecule has 2 N–H and O–H groups in total. The summed E-state index contributed by atoms with van der Waals surface area (Å²) in [6, 6.07) is 10.8. The fourth-order valence-corrected chi connectivity index (χ4v) is 1.76. The average Bonchev–Trinajstić information content (AvgIpc) is 2.48. The summed E-state index contributed by atoms with van der Waals surface area (Å²) < 4.78 is 0. The van der Waals surface area contributed by atoms with Crippen molar-refractivity contribution in [3.63, 3.8) is 0 Å². The molecule has 5 nitrogen and oxygen atoms in total. The molecular weight excluding hydrogens is 266 g/mol. The van der Waals surface area contributed by atoms with Gasteiger partial charge >= 0.3 is 0 Å². The Kier molecular flexibility index (Phi) is 4.66. The molecule has 0 aliphatic rings. The third-order valence-corrected chi connectivity index (χ3v) is 2.99. The van der Waals surface area contributed by atoms with Crippen LogP contribution in [-0.4, -0.2) is 23.3 Å². The van der Waals surface area contributed by atoms with Gasteiger partial charge in [0.15, 0.2) is 0 Å². The van der Waals surface area contributed by atoms with E-state index in [0.717, 1.165) is 11.1 Å². The van der Waals surface area contributed by atoms with Gasteiger partial charge in [-0.25, -0.2) is 4.98 Å². The monoisotopic (exact) mass is 283 g/mol. The summed E-state index contributed by atoms with van der Waals surface area (Å²) in [6.45, 7) is 3.71. The summed E-state index contributed by atoms with van der Waals surface area (Å²) in [5.74, 6) is -0.0766. The van der Waals surface area contributed by atoms with Gasteiger partial charge in [0.05, 0.1) is 6.54 Å². The van der Waals surface area contributed by atoms with Crippen LogP contribution in [0.4, 0.5) is 5.82 Å². The minimum Gasteiger partial charge on any atom is -0.343 e. The van der Waals surface area contributed by atoms with Crippen molar-refractivity contribution in [2.24, 2.45) is 0 Å². The lowest BCUT2D eigenvalue weighted by molar-refractivity contribution is -0.115. The van der Waals surface area contributed by atoms with Crippen molar-refractivity contribution in [2.45, 2.75) is 13.8 Å². The lowest BCUT2D eigenvalue weighted by Crippen LogP contribution is -2.33. The zero-order valence-corrected chi connectivity index (χ0v) is 12.0. The summed E-state index contributed by atoms with van der Waals surface area (Å²) in [6.07, 6.45) is 1.60. The van der Waals surface area contributed by atoms with E-state index in [0.29, 0.717) is 11.4 Å². The summed E-state index contributed by atoms with van der Waals surface area (Å²) in [4.78, 5) is 27.7. The van der Waals surface area contributed by atoms with Gasteiger partial charge in [-0.05, 0) is 37.6 Å².